The summed E-state index contributed by atoms with van der Waals surface area (Å²) in [5.74, 6) is 0.723. The third-order valence-corrected chi connectivity index (χ3v) is 4.97. The lowest BCUT2D eigenvalue weighted by molar-refractivity contribution is -0.146. The minimum atomic E-state index is -0.320. The fraction of sp³-hybridized carbons (Fsp3) is 0.733. The molecule has 3 heterocycles. The van der Waals surface area contributed by atoms with Gasteiger partial charge in [-0.25, -0.2) is 0 Å². The van der Waals surface area contributed by atoms with E-state index in [-0.39, 0.29) is 12.0 Å². The van der Waals surface area contributed by atoms with Gasteiger partial charge in [-0.05, 0) is 12.8 Å². The van der Waals surface area contributed by atoms with E-state index in [1.54, 1.807) is 0 Å². The van der Waals surface area contributed by atoms with Crippen LogP contribution in [0.4, 0.5) is 0 Å². The Morgan fingerprint density at radius 1 is 1.38 bits per heavy atom. The van der Waals surface area contributed by atoms with Crippen LogP contribution in [-0.2, 0) is 22.5 Å². The Morgan fingerprint density at radius 3 is 3.00 bits per heavy atom. The number of aromatic amines is 1. The summed E-state index contributed by atoms with van der Waals surface area (Å²) in [7, 11) is 0. The summed E-state index contributed by atoms with van der Waals surface area (Å²) in [5.41, 5.74) is 3.70. The summed E-state index contributed by atoms with van der Waals surface area (Å²) in [4.78, 5) is 14.5. The van der Waals surface area contributed by atoms with Crippen molar-refractivity contribution >= 4 is 5.91 Å². The van der Waals surface area contributed by atoms with Gasteiger partial charge in [0.05, 0.1) is 12.3 Å². The Morgan fingerprint density at radius 2 is 2.29 bits per heavy atom. The maximum Gasteiger partial charge on any atom is 0.253 e. The summed E-state index contributed by atoms with van der Waals surface area (Å²) in [6.45, 7) is 3.54. The predicted octanol–water partition coefficient (Wildman–Crippen LogP) is 0.550. The maximum absolute atomic E-state index is 12.6. The van der Waals surface area contributed by atoms with Gasteiger partial charge in [-0.1, -0.05) is 6.42 Å². The van der Waals surface area contributed by atoms with Gasteiger partial charge in [0.2, 0.25) is 0 Å². The topological polar surface area (TPSA) is 70.2 Å². The molecular formula is C15H22N4O2. The van der Waals surface area contributed by atoms with Crippen molar-refractivity contribution in [1.29, 1.82) is 0 Å². The molecule has 6 heteroatoms. The standard InChI is InChI=1S/C15H22N4O2/c20-15(13-8-16-5-7-21-13)19-6-4-12-11(9-19)14(18-17-12)10-2-1-3-10/h10,13,16H,1-9H2,(H,17,18)/t13-/m0/s1. The monoisotopic (exact) mass is 290 g/mol. The second-order valence-electron chi connectivity index (χ2n) is 6.27. The van der Waals surface area contributed by atoms with E-state index in [0.717, 1.165) is 19.5 Å². The van der Waals surface area contributed by atoms with Crippen molar-refractivity contribution in [1.82, 2.24) is 20.4 Å². The third kappa shape index (κ3) is 2.36. The molecule has 1 amide bonds. The first-order valence-electron chi connectivity index (χ1n) is 8.00. The van der Waals surface area contributed by atoms with Crippen LogP contribution in [0.1, 0.15) is 42.1 Å². The summed E-state index contributed by atoms with van der Waals surface area (Å²) >= 11 is 0. The van der Waals surface area contributed by atoms with Gasteiger partial charge in [0.15, 0.2) is 0 Å². The molecule has 0 aromatic carbocycles. The fourth-order valence-corrected chi connectivity index (χ4v) is 3.45. The molecule has 21 heavy (non-hydrogen) atoms. The van der Waals surface area contributed by atoms with E-state index in [2.05, 4.69) is 15.5 Å². The number of hydrogen-bond donors (Lipinski definition) is 2. The first-order valence-corrected chi connectivity index (χ1v) is 8.00. The highest BCUT2D eigenvalue weighted by molar-refractivity contribution is 5.81. The number of carbonyl (C=O) groups is 1. The predicted molar refractivity (Wildman–Crippen MR) is 76.9 cm³/mol. The molecule has 0 spiro atoms. The number of fused-ring (bicyclic) bond motifs is 1. The highest BCUT2D eigenvalue weighted by Crippen LogP contribution is 2.38. The molecule has 114 valence electrons. The SMILES string of the molecule is O=C([C@@H]1CNCCO1)N1CCc2[nH]nc(C3CCC3)c2C1. The summed E-state index contributed by atoms with van der Waals surface area (Å²) in [6, 6.07) is 0. The number of carbonyl (C=O) groups excluding carboxylic acids is 1. The van der Waals surface area contributed by atoms with Crippen LogP contribution < -0.4 is 5.32 Å². The largest absolute Gasteiger partial charge is 0.366 e. The van der Waals surface area contributed by atoms with Gasteiger partial charge in [0.1, 0.15) is 6.10 Å². The lowest BCUT2D eigenvalue weighted by Crippen LogP contribution is -2.50. The Labute approximate surface area is 124 Å². The second-order valence-corrected chi connectivity index (χ2v) is 6.27. The highest BCUT2D eigenvalue weighted by atomic mass is 16.5. The van der Waals surface area contributed by atoms with Crippen LogP contribution in [0.25, 0.3) is 0 Å². The zero-order chi connectivity index (χ0) is 14.2. The normalized spacial score (nSPS) is 26.3. The Balaban J connectivity index is 1.50. The van der Waals surface area contributed by atoms with Crippen molar-refractivity contribution in [3.8, 4) is 0 Å². The Hall–Kier alpha value is -1.40. The van der Waals surface area contributed by atoms with Crippen molar-refractivity contribution in [3.63, 3.8) is 0 Å². The summed E-state index contributed by atoms with van der Waals surface area (Å²) < 4.78 is 5.60. The zero-order valence-electron chi connectivity index (χ0n) is 12.2. The van der Waals surface area contributed by atoms with E-state index in [1.807, 2.05) is 4.90 Å². The third-order valence-electron chi connectivity index (χ3n) is 4.97. The fourth-order valence-electron chi connectivity index (χ4n) is 3.45. The van der Waals surface area contributed by atoms with E-state index in [1.165, 1.54) is 36.2 Å². The number of aromatic nitrogens is 2. The number of rotatable bonds is 2. The van der Waals surface area contributed by atoms with Crippen LogP contribution >= 0.6 is 0 Å². The molecule has 0 radical (unpaired) electrons. The number of H-pyrrole nitrogens is 1. The van der Waals surface area contributed by atoms with Crippen LogP contribution in [0, 0.1) is 0 Å². The van der Waals surface area contributed by atoms with Gasteiger partial charge < -0.3 is 15.0 Å². The lowest BCUT2D eigenvalue weighted by Gasteiger charge is -2.33. The van der Waals surface area contributed by atoms with Crippen LogP contribution in [0.5, 0.6) is 0 Å². The molecule has 0 unspecified atom stereocenters. The van der Waals surface area contributed by atoms with Crippen molar-refractivity contribution < 1.29 is 9.53 Å². The quantitative estimate of drug-likeness (QED) is 0.834. The van der Waals surface area contributed by atoms with Gasteiger partial charge in [0, 0.05) is 49.8 Å². The molecule has 1 saturated heterocycles. The molecule has 0 bridgehead atoms. The van der Waals surface area contributed by atoms with Gasteiger partial charge in [-0.2, -0.15) is 5.10 Å². The minimum absolute atomic E-state index is 0.119. The molecular weight excluding hydrogens is 268 g/mol. The molecule has 1 atom stereocenters. The number of amides is 1. The smallest absolute Gasteiger partial charge is 0.253 e. The molecule has 1 aromatic rings. The minimum Gasteiger partial charge on any atom is -0.366 e. The first kappa shape index (κ1) is 13.3. The maximum atomic E-state index is 12.6. The molecule has 1 saturated carbocycles. The number of morpholine rings is 1. The van der Waals surface area contributed by atoms with Crippen LogP contribution in [-0.4, -0.2) is 53.3 Å². The van der Waals surface area contributed by atoms with E-state index >= 15 is 0 Å². The highest BCUT2D eigenvalue weighted by Gasteiger charge is 2.33. The van der Waals surface area contributed by atoms with Gasteiger partial charge in [-0.3, -0.25) is 9.89 Å². The van der Waals surface area contributed by atoms with Crippen molar-refractivity contribution in [3.05, 3.63) is 17.0 Å². The molecule has 2 fully saturated rings. The van der Waals surface area contributed by atoms with Crippen molar-refractivity contribution in [2.24, 2.45) is 0 Å². The van der Waals surface area contributed by atoms with Gasteiger partial charge >= 0.3 is 0 Å². The van der Waals surface area contributed by atoms with Crippen LogP contribution in [0.2, 0.25) is 0 Å². The number of nitrogens with zero attached hydrogens (tertiary/aromatic N) is 2. The van der Waals surface area contributed by atoms with Gasteiger partial charge in [0.25, 0.3) is 5.91 Å². The number of nitrogens with one attached hydrogen (secondary N) is 2. The first-order chi connectivity index (χ1) is 10.3. The zero-order valence-corrected chi connectivity index (χ0v) is 12.2. The lowest BCUT2D eigenvalue weighted by atomic mass is 9.81. The van der Waals surface area contributed by atoms with E-state index in [0.29, 0.717) is 25.6 Å². The number of ether oxygens (including phenoxy) is 1. The second kappa shape index (κ2) is 5.42. The van der Waals surface area contributed by atoms with E-state index in [9.17, 15) is 4.79 Å². The molecule has 2 N–H and O–H groups in total. The Kier molecular flexibility index (Phi) is 3.43. The molecule has 1 aliphatic carbocycles. The average Bonchev–Trinajstić information content (AvgIpc) is 2.89. The van der Waals surface area contributed by atoms with Crippen LogP contribution in [0.3, 0.4) is 0 Å². The number of hydrogen-bond acceptors (Lipinski definition) is 4. The Bertz CT molecular complexity index is 532. The molecule has 2 aliphatic heterocycles. The average molecular weight is 290 g/mol. The summed E-state index contributed by atoms with van der Waals surface area (Å²) in [6.07, 6.45) is 4.33. The van der Waals surface area contributed by atoms with Crippen molar-refractivity contribution in [2.75, 3.05) is 26.2 Å². The van der Waals surface area contributed by atoms with Crippen molar-refractivity contribution in [2.45, 2.75) is 44.2 Å². The summed E-state index contributed by atoms with van der Waals surface area (Å²) in [5, 5.41) is 10.9. The molecule has 1 aromatic heterocycles. The van der Waals surface area contributed by atoms with E-state index in [4.69, 9.17) is 4.74 Å². The molecule has 4 rings (SSSR count). The van der Waals surface area contributed by atoms with Crippen LogP contribution in [0.15, 0.2) is 0 Å². The van der Waals surface area contributed by atoms with E-state index < -0.39 is 0 Å². The van der Waals surface area contributed by atoms with Gasteiger partial charge in [-0.15, -0.1) is 0 Å². The molecule has 6 nitrogen and oxygen atoms in total. The molecule has 3 aliphatic rings.